The average Bonchev–Trinajstić information content (AvgIpc) is 3.29. The van der Waals surface area contributed by atoms with Crippen LogP contribution in [-0.4, -0.2) is 147 Å². The Morgan fingerprint density at radius 3 is 2.06 bits per heavy atom. The first-order chi connectivity index (χ1) is 32.0. The average molecular weight is 944 g/mol. The molecule has 0 saturated heterocycles. The number of allylic oxidation sites excluding steroid dienone is 2. The fourth-order valence-corrected chi connectivity index (χ4v) is 8.63. The van der Waals surface area contributed by atoms with Crippen molar-refractivity contribution in [3.63, 3.8) is 0 Å². The number of rotatable bonds is 27. The molecule has 3 aliphatic rings. The molecule has 0 fully saturated rings. The maximum Gasteiger partial charge on any atom is 0.326 e. The number of hydrogen-bond acceptors (Lipinski definition) is 12. The van der Waals surface area contributed by atoms with Gasteiger partial charge in [-0.1, -0.05) is 102 Å². The minimum Gasteiger partial charge on any atom is -0.508 e. The third-order valence-electron chi connectivity index (χ3n) is 12.8. The number of carbonyl (C=O) groups is 7. The van der Waals surface area contributed by atoms with Crippen molar-refractivity contribution in [1.29, 1.82) is 0 Å². The normalized spacial score (nSPS) is 21.7. The van der Waals surface area contributed by atoms with E-state index in [-0.39, 0.29) is 74.4 Å². The van der Waals surface area contributed by atoms with Crippen molar-refractivity contribution >= 4 is 41.4 Å². The molecular formula is C48H77N7O12. The summed E-state index contributed by atoms with van der Waals surface area (Å²) in [6.45, 7) is 0.564. The summed E-state index contributed by atoms with van der Waals surface area (Å²) in [5.41, 5.74) is 7.02. The van der Waals surface area contributed by atoms with Crippen molar-refractivity contribution in [2.45, 2.75) is 172 Å². The molecule has 4 bridgehead atoms. The molecule has 0 saturated carbocycles. The summed E-state index contributed by atoms with van der Waals surface area (Å²) in [6.07, 6.45) is 18.8. The number of carboxylic acids is 1. The topological polar surface area (TPSA) is 301 Å². The minimum atomic E-state index is -1.71. The number of fused-ring (bicyclic) bond motifs is 4. The summed E-state index contributed by atoms with van der Waals surface area (Å²) in [5.74, 6) is -7.08. The fraction of sp³-hybridized carbons (Fsp3) is 0.688. The Bertz CT molecular complexity index is 1820. The summed E-state index contributed by atoms with van der Waals surface area (Å²) >= 11 is 0. The van der Waals surface area contributed by atoms with Crippen molar-refractivity contribution < 1.29 is 59.1 Å². The van der Waals surface area contributed by atoms with Crippen LogP contribution < -0.4 is 27.0 Å². The largest absolute Gasteiger partial charge is 0.508 e. The van der Waals surface area contributed by atoms with Crippen LogP contribution >= 0.6 is 0 Å². The first-order valence-electron chi connectivity index (χ1n) is 24.1. The molecule has 0 aromatic carbocycles. The van der Waals surface area contributed by atoms with Crippen LogP contribution in [0.5, 0.6) is 0 Å². The Labute approximate surface area is 394 Å². The number of nitrogens with one attached hydrogen (secondary N) is 4. The molecule has 19 nitrogen and oxygen atoms in total. The molecule has 3 rings (SSSR count). The number of nitrogens with two attached hydrogens (primary N) is 1. The van der Waals surface area contributed by atoms with Crippen molar-refractivity contribution in [3.05, 3.63) is 46.8 Å². The second-order valence-electron chi connectivity index (χ2n) is 18.0. The van der Waals surface area contributed by atoms with E-state index in [1.807, 2.05) is 0 Å². The van der Waals surface area contributed by atoms with Crippen LogP contribution in [-0.2, 0) is 33.6 Å². The minimum absolute atomic E-state index is 0.0144. The van der Waals surface area contributed by atoms with E-state index in [0.717, 1.165) is 35.5 Å². The molecule has 67 heavy (non-hydrogen) atoms. The lowest BCUT2D eigenvalue weighted by Crippen LogP contribution is -2.60. The van der Waals surface area contributed by atoms with Gasteiger partial charge in [0, 0.05) is 45.0 Å². The van der Waals surface area contributed by atoms with Crippen LogP contribution in [0, 0.1) is 5.92 Å². The van der Waals surface area contributed by atoms with Crippen LogP contribution in [0.4, 0.5) is 0 Å². The first-order valence-corrected chi connectivity index (χ1v) is 24.1. The second-order valence-corrected chi connectivity index (χ2v) is 18.0. The van der Waals surface area contributed by atoms with Gasteiger partial charge in [0.2, 0.25) is 29.5 Å². The number of unbranched alkanes of at least 4 members (excludes halogenated alkanes) is 13. The molecule has 1 heterocycles. The Morgan fingerprint density at radius 1 is 0.836 bits per heavy atom. The van der Waals surface area contributed by atoms with Crippen molar-refractivity contribution in [2.75, 3.05) is 33.9 Å². The molecule has 19 heteroatoms. The smallest absolute Gasteiger partial charge is 0.326 e. The Kier molecular flexibility index (Phi) is 24.8. The number of carboxylic acid groups (broad SMARTS) is 1. The molecule has 6 amide bonds. The summed E-state index contributed by atoms with van der Waals surface area (Å²) in [7, 11) is 2.68. The highest BCUT2D eigenvalue weighted by Crippen LogP contribution is 2.36. The van der Waals surface area contributed by atoms with Gasteiger partial charge in [-0.3, -0.25) is 28.8 Å². The number of carbonyl (C=O) groups excluding carboxylic acids is 6. The van der Waals surface area contributed by atoms with Gasteiger partial charge in [-0.2, -0.15) is 0 Å². The standard InChI is InChI=1S/C48H77N7O12/c1-4-5-6-7-8-9-10-11-12-13-14-15-16-20-40(60)54(2)37(30-57)45(63)53-43(49)47(65)50-29-41(61)55(3)42-32-22-24-39(59)34(28-32)33-26-31(21-23-38(33)58)27-36(48(66)67)52-44(62)35(51-46(42)64)19-17-18-25-56/h21-22,24,26,32,35-38,42-43,56-59H,4-20,23,25,27-30,49H2,1-3H3,(H,50,65)(H,51,64)(H,52,62)(H,53,63)(H,66,67)/t32?,35-,36-,37+,38?,42-,43-/m0/s1. The Hall–Kier alpha value is -5.11. The van der Waals surface area contributed by atoms with E-state index < -0.39 is 91.0 Å². The molecule has 0 aromatic heterocycles. The Balaban J connectivity index is 1.64. The van der Waals surface area contributed by atoms with E-state index in [4.69, 9.17) is 5.73 Å². The highest BCUT2D eigenvalue weighted by atomic mass is 16.4. The van der Waals surface area contributed by atoms with Gasteiger partial charge in [0.15, 0.2) is 6.17 Å². The van der Waals surface area contributed by atoms with E-state index in [0.29, 0.717) is 12.0 Å². The third-order valence-corrected chi connectivity index (χ3v) is 12.8. The van der Waals surface area contributed by atoms with Crippen LogP contribution in [0.25, 0.3) is 0 Å². The number of hydrogen-bond donors (Lipinski definition) is 10. The van der Waals surface area contributed by atoms with Crippen LogP contribution in [0.1, 0.15) is 135 Å². The highest BCUT2D eigenvalue weighted by molar-refractivity contribution is 5.96. The number of likely N-dealkylation sites (N-methyl/N-ethyl adjacent to an activating group) is 2. The van der Waals surface area contributed by atoms with E-state index >= 15 is 0 Å². The van der Waals surface area contributed by atoms with E-state index in [9.17, 15) is 59.1 Å². The zero-order valence-electron chi connectivity index (χ0n) is 39.7. The van der Waals surface area contributed by atoms with Crippen molar-refractivity contribution in [1.82, 2.24) is 31.1 Å². The first kappa shape index (κ1) is 56.2. The summed E-state index contributed by atoms with van der Waals surface area (Å²) in [6, 6.07) is -5.44. The summed E-state index contributed by atoms with van der Waals surface area (Å²) in [5, 5.41) is 61.3. The van der Waals surface area contributed by atoms with Crippen molar-refractivity contribution in [3.8, 4) is 0 Å². The third kappa shape index (κ3) is 18.1. The predicted octanol–water partition coefficient (Wildman–Crippen LogP) is 2.26. The molecule has 0 aromatic rings. The van der Waals surface area contributed by atoms with Gasteiger partial charge in [-0.15, -0.1) is 0 Å². The Morgan fingerprint density at radius 2 is 1.46 bits per heavy atom. The van der Waals surface area contributed by atoms with Gasteiger partial charge < -0.3 is 62.3 Å². The second kappa shape index (κ2) is 29.6. The number of aliphatic carboxylic acids is 1. The molecule has 0 radical (unpaired) electrons. The zero-order valence-corrected chi connectivity index (χ0v) is 39.7. The van der Waals surface area contributed by atoms with Gasteiger partial charge in [0.25, 0.3) is 5.91 Å². The summed E-state index contributed by atoms with van der Waals surface area (Å²) < 4.78 is 0. The number of nitrogens with zero attached hydrogens (tertiary/aromatic N) is 2. The number of amides is 6. The van der Waals surface area contributed by atoms with Crippen molar-refractivity contribution in [2.24, 2.45) is 11.7 Å². The van der Waals surface area contributed by atoms with Gasteiger partial charge in [0.1, 0.15) is 29.9 Å². The van der Waals surface area contributed by atoms with E-state index in [1.165, 1.54) is 77.6 Å². The van der Waals surface area contributed by atoms with E-state index in [1.54, 1.807) is 12.2 Å². The fourth-order valence-electron chi connectivity index (χ4n) is 8.63. The maximum absolute atomic E-state index is 14.3. The quantitative estimate of drug-likeness (QED) is 0.0418. The molecule has 7 atom stereocenters. The van der Waals surface area contributed by atoms with Crippen LogP contribution in [0.3, 0.4) is 0 Å². The van der Waals surface area contributed by atoms with Crippen LogP contribution in [0.15, 0.2) is 46.8 Å². The monoisotopic (exact) mass is 944 g/mol. The number of aliphatic hydroxyl groups excluding tert-OH is 4. The van der Waals surface area contributed by atoms with Crippen LogP contribution in [0.2, 0.25) is 0 Å². The lowest BCUT2D eigenvalue weighted by Gasteiger charge is -2.36. The molecule has 2 unspecified atom stereocenters. The molecular weight excluding hydrogens is 867 g/mol. The molecule has 376 valence electrons. The van der Waals surface area contributed by atoms with Gasteiger partial charge in [-0.05, 0) is 55.7 Å². The number of aliphatic hydroxyl groups is 4. The zero-order chi connectivity index (χ0) is 49.5. The molecule has 11 N–H and O–H groups in total. The molecule has 1 aliphatic heterocycles. The summed E-state index contributed by atoms with van der Waals surface area (Å²) in [4.78, 5) is 95.4. The van der Waals surface area contributed by atoms with Gasteiger partial charge >= 0.3 is 5.97 Å². The SMILES string of the molecule is CCCCCCCCCCCCCCCC(=O)N(C)[C@H](CO)C(=O)N[C@H](N)C(=O)NCC(=O)N(C)[C@@H]1C(=O)N[C@@H](CCCCO)C(=O)N[C@H](C(=O)O)CC2=CCC(O)C(=C2)C2=C(O)C=CC1C2. The highest BCUT2D eigenvalue weighted by Gasteiger charge is 2.40. The lowest BCUT2D eigenvalue weighted by molar-refractivity contribution is -0.143. The van der Waals surface area contributed by atoms with E-state index in [2.05, 4.69) is 28.2 Å². The van der Waals surface area contributed by atoms with Gasteiger partial charge in [0.05, 0.1) is 19.3 Å². The molecule has 2 aliphatic carbocycles. The lowest BCUT2D eigenvalue weighted by atomic mass is 9.79. The maximum atomic E-state index is 14.3. The predicted molar refractivity (Wildman–Crippen MR) is 250 cm³/mol. The van der Waals surface area contributed by atoms with Gasteiger partial charge in [-0.25, -0.2) is 4.79 Å². The molecule has 0 spiro atoms.